The minimum atomic E-state index is -0.770. The van der Waals surface area contributed by atoms with Crippen molar-refractivity contribution in [3.63, 3.8) is 0 Å². The Morgan fingerprint density at radius 1 is 1.39 bits per heavy atom. The molecule has 4 N–H and O–H groups in total. The molecule has 2 bridgehead atoms. The van der Waals surface area contributed by atoms with E-state index in [1.807, 2.05) is 6.92 Å². The third-order valence-corrected chi connectivity index (χ3v) is 4.66. The lowest BCUT2D eigenvalue weighted by molar-refractivity contribution is -0.144. The smallest absolute Gasteiger partial charge is 0.308 e. The summed E-state index contributed by atoms with van der Waals surface area (Å²) >= 11 is 0. The Bertz CT molecular complexity index is 341. The lowest BCUT2D eigenvalue weighted by Crippen LogP contribution is -2.49. The summed E-state index contributed by atoms with van der Waals surface area (Å²) in [5.41, 5.74) is 5.55. The summed E-state index contributed by atoms with van der Waals surface area (Å²) in [6.45, 7) is 2.24. The first kappa shape index (κ1) is 13.3. The molecule has 5 unspecified atom stereocenters. The SMILES string of the molecule is CCC(CN)C(=O)NC1C2CCC(C2)C1C(=O)O. The molecule has 0 saturated heterocycles. The first-order chi connectivity index (χ1) is 8.58. The van der Waals surface area contributed by atoms with Crippen LogP contribution in [0, 0.1) is 23.7 Å². The number of fused-ring (bicyclic) bond motifs is 2. The summed E-state index contributed by atoms with van der Waals surface area (Å²) in [5.74, 6) is -0.857. The standard InChI is InChI=1S/C13H22N2O3/c1-2-7(6-14)12(16)15-11-9-4-3-8(5-9)10(11)13(17)18/h7-11H,2-6,14H2,1H3,(H,15,16)(H,17,18). The Labute approximate surface area is 107 Å². The zero-order valence-corrected chi connectivity index (χ0v) is 10.8. The highest BCUT2D eigenvalue weighted by atomic mass is 16.4. The predicted molar refractivity (Wildman–Crippen MR) is 66.7 cm³/mol. The maximum Gasteiger partial charge on any atom is 0.308 e. The van der Waals surface area contributed by atoms with Crippen molar-refractivity contribution in [1.82, 2.24) is 5.32 Å². The molecule has 0 radical (unpaired) electrons. The van der Waals surface area contributed by atoms with E-state index >= 15 is 0 Å². The fourth-order valence-electron chi connectivity index (χ4n) is 3.60. The lowest BCUT2D eigenvalue weighted by Gasteiger charge is -2.30. The second kappa shape index (κ2) is 5.26. The molecule has 102 valence electrons. The van der Waals surface area contributed by atoms with Crippen LogP contribution in [-0.4, -0.2) is 29.6 Å². The lowest BCUT2D eigenvalue weighted by atomic mass is 9.84. The molecule has 2 saturated carbocycles. The van der Waals surface area contributed by atoms with Crippen molar-refractivity contribution in [2.24, 2.45) is 29.4 Å². The maximum absolute atomic E-state index is 12.0. The van der Waals surface area contributed by atoms with Crippen LogP contribution in [0.25, 0.3) is 0 Å². The normalized spacial score (nSPS) is 35.4. The topological polar surface area (TPSA) is 92.4 Å². The number of carboxylic acids is 1. The van der Waals surface area contributed by atoms with Crippen molar-refractivity contribution >= 4 is 11.9 Å². The molecule has 1 amide bonds. The van der Waals surface area contributed by atoms with E-state index < -0.39 is 11.9 Å². The molecular weight excluding hydrogens is 232 g/mol. The van der Waals surface area contributed by atoms with Gasteiger partial charge in [-0.05, 0) is 37.5 Å². The molecule has 0 aliphatic heterocycles. The van der Waals surface area contributed by atoms with Gasteiger partial charge in [-0.2, -0.15) is 0 Å². The van der Waals surface area contributed by atoms with Crippen molar-refractivity contribution in [1.29, 1.82) is 0 Å². The first-order valence-electron chi connectivity index (χ1n) is 6.81. The van der Waals surface area contributed by atoms with Gasteiger partial charge in [0.15, 0.2) is 0 Å². The van der Waals surface area contributed by atoms with Gasteiger partial charge in [0.2, 0.25) is 5.91 Å². The number of carboxylic acid groups (broad SMARTS) is 1. The van der Waals surface area contributed by atoms with Crippen LogP contribution in [0.4, 0.5) is 0 Å². The third-order valence-electron chi connectivity index (χ3n) is 4.66. The summed E-state index contributed by atoms with van der Waals surface area (Å²) in [6, 6.07) is -0.186. The largest absolute Gasteiger partial charge is 0.481 e. The van der Waals surface area contributed by atoms with Gasteiger partial charge in [0.05, 0.1) is 5.92 Å². The van der Waals surface area contributed by atoms with E-state index in [9.17, 15) is 14.7 Å². The number of hydrogen-bond acceptors (Lipinski definition) is 3. The number of nitrogens with two attached hydrogens (primary N) is 1. The zero-order chi connectivity index (χ0) is 13.3. The van der Waals surface area contributed by atoms with E-state index in [2.05, 4.69) is 5.32 Å². The van der Waals surface area contributed by atoms with E-state index in [1.54, 1.807) is 0 Å². The van der Waals surface area contributed by atoms with Gasteiger partial charge in [-0.25, -0.2) is 0 Å². The summed E-state index contributed by atoms with van der Waals surface area (Å²) in [7, 11) is 0. The van der Waals surface area contributed by atoms with E-state index in [0.29, 0.717) is 18.9 Å². The Balaban J connectivity index is 2.03. The fourth-order valence-corrected chi connectivity index (χ4v) is 3.60. The van der Waals surface area contributed by atoms with Gasteiger partial charge in [0.1, 0.15) is 0 Å². The van der Waals surface area contributed by atoms with Crippen LogP contribution in [0.3, 0.4) is 0 Å². The monoisotopic (exact) mass is 254 g/mol. The Morgan fingerprint density at radius 2 is 2.06 bits per heavy atom. The molecule has 0 aromatic heterocycles. The van der Waals surface area contributed by atoms with Crippen molar-refractivity contribution in [3.8, 4) is 0 Å². The summed E-state index contributed by atoms with van der Waals surface area (Å²) in [6.07, 6.45) is 3.67. The molecule has 0 heterocycles. The number of carbonyl (C=O) groups is 2. The van der Waals surface area contributed by atoms with Gasteiger partial charge >= 0.3 is 5.97 Å². The predicted octanol–water partition coefficient (Wildman–Crippen LogP) is 0.587. The van der Waals surface area contributed by atoms with Crippen molar-refractivity contribution in [2.75, 3.05) is 6.54 Å². The van der Waals surface area contributed by atoms with Crippen LogP contribution in [0.15, 0.2) is 0 Å². The molecule has 2 aliphatic rings. The number of nitrogens with one attached hydrogen (secondary N) is 1. The number of rotatable bonds is 5. The van der Waals surface area contributed by atoms with Gasteiger partial charge < -0.3 is 16.2 Å². The molecule has 0 aromatic rings. The minimum absolute atomic E-state index is 0.0798. The van der Waals surface area contributed by atoms with Crippen LogP contribution in [0.1, 0.15) is 32.6 Å². The van der Waals surface area contributed by atoms with E-state index in [1.165, 1.54) is 0 Å². The average molecular weight is 254 g/mol. The van der Waals surface area contributed by atoms with E-state index in [-0.39, 0.29) is 23.8 Å². The number of amides is 1. The summed E-state index contributed by atoms with van der Waals surface area (Å²) < 4.78 is 0. The van der Waals surface area contributed by atoms with Crippen molar-refractivity contribution in [3.05, 3.63) is 0 Å². The van der Waals surface area contributed by atoms with E-state index in [0.717, 1.165) is 19.3 Å². The Kier molecular flexibility index (Phi) is 3.90. The first-order valence-corrected chi connectivity index (χ1v) is 6.81. The molecule has 2 rings (SSSR count). The second-order valence-corrected chi connectivity index (χ2v) is 5.57. The van der Waals surface area contributed by atoms with E-state index in [4.69, 9.17) is 5.73 Å². The maximum atomic E-state index is 12.0. The molecule has 2 aliphatic carbocycles. The fraction of sp³-hybridized carbons (Fsp3) is 0.846. The van der Waals surface area contributed by atoms with Gasteiger partial charge in [0.25, 0.3) is 0 Å². The third kappa shape index (κ3) is 2.23. The average Bonchev–Trinajstić information content (AvgIpc) is 2.90. The zero-order valence-electron chi connectivity index (χ0n) is 10.8. The Morgan fingerprint density at radius 3 is 2.61 bits per heavy atom. The van der Waals surface area contributed by atoms with Crippen molar-refractivity contribution < 1.29 is 14.7 Å². The molecular formula is C13H22N2O3. The quantitative estimate of drug-likeness (QED) is 0.669. The second-order valence-electron chi connectivity index (χ2n) is 5.57. The van der Waals surface area contributed by atoms with Gasteiger partial charge in [-0.1, -0.05) is 6.92 Å². The molecule has 5 nitrogen and oxygen atoms in total. The van der Waals surface area contributed by atoms with Crippen molar-refractivity contribution in [2.45, 2.75) is 38.6 Å². The number of aliphatic carboxylic acids is 1. The highest BCUT2D eigenvalue weighted by molar-refractivity contribution is 5.81. The number of carbonyl (C=O) groups excluding carboxylic acids is 1. The van der Waals surface area contributed by atoms with Crippen LogP contribution in [-0.2, 0) is 9.59 Å². The number of hydrogen-bond donors (Lipinski definition) is 3. The summed E-state index contributed by atoms with van der Waals surface area (Å²) in [4.78, 5) is 23.3. The van der Waals surface area contributed by atoms with Crippen LogP contribution >= 0.6 is 0 Å². The van der Waals surface area contributed by atoms with Gasteiger partial charge in [0, 0.05) is 18.5 Å². The van der Waals surface area contributed by atoms with Gasteiger partial charge in [-0.15, -0.1) is 0 Å². The van der Waals surface area contributed by atoms with Gasteiger partial charge in [-0.3, -0.25) is 9.59 Å². The molecule has 5 atom stereocenters. The van der Waals surface area contributed by atoms with Crippen LogP contribution < -0.4 is 11.1 Å². The highest BCUT2D eigenvalue weighted by Crippen LogP contribution is 2.48. The van der Waals surface area contributed by atoms with Crippen LogP contribution in [0.5, 0.6) is 0 Å². The Hall–Kier alpha value is -1.10. The molecule has 5 heteroatoms. The summed E-state index contributed by atoms with van der Waals surface area (Å²) in [5, 5.41) is 12.2. The molecule has 18 heavy (non-hydrogen) atoms. The van der Waals surface area contributed by atoms with Crippen LogP contribution in [0.2, 0.25) is 0 Å². The minimum Gasteiger partial charge on any atom is -0.481 e. The molecule has 0 aromatic carbocycles. The molecule has 2 fully saturated rings. The molecule has 0 spiro atoms. The highest BCUT2D eigenvalue weighted by Gasteiger charge is 2.51.